The van der Waals surface area contributed by atoms with Gasteiger partial charge in [0.15, 0.2) is 0 Å². The van der Waals surface area contributed by atoms with E-state index in [9.17, 15) is 9.59 Å². The lowest BCUT2D eigenvalue weighted by Crippen LogP contribution is -2.54. The highest BCUT2D eigenvalue weighted by Crippen LogP contribution is 2.30. The fraction of sp³-hybridized carbons (Fsp3) is 0.353. The van der Waals surface area contributed by atoms with E-state index in [0.717, 1.165) is 6.42 Å². The minimum absolute atomic E-state index is 0.0622. The predicted molar refractivity (Wildman–Crippen MR) is 102 cm³/mol. The van der Waals surface area contributed by atoms with E-state index in [4.69, 9.17) is 27.9 Å². The molecule has 1 aliphatic heterocycles. The van der Waals surface area contributed by atoms with Gasteiger partial charge in [0.1, 0.15) is 6.04 Å². The second-order valence-electron chi connectivity index (χ2n) is 6.15. The van der Waals surface area contributed by atoms with E-state index in [1.165, 1.54) is 19.2 Å². The number of rotatable bonds is 4. The first kappa shape index (κ1) is 19.6. The largest absolute Gasteiger partial charge is 0.465 e. The molecule has 1 saturated heterocycles. The molecule has 10 heteroatoms. The lowest BCUT2D eigenvalue weighted by Gasteiger charge is -2.37. The highest BCUT2D eigenvalue weighted by molar-refractivity contribution is 6.42. The molecule has 0 saturated carbocycles. The Morgan fingerprint density at radius 1 is 1.30 bits per heavy atom. The van der Waals surface area contributed by atoms with Crippen LogP contribution < -0.4 is 10.7 Å². The number of aromatic nitrogens is 2. The maximum atomic E-state index is 12.7. The number of esters is 1. The molecule has 2 N–H and O–H groups in total. The fourth-order valence-corrected chi connectivity index (χ4v) is 3.37. The quantitative estimate of drug-likeness (QED) is 0.751. The number of halogens is 2. The van der Waals surface area contributed by atoms with E-state index in [1.54, 1.807) is 12.5 Å². The molecular weight excluding hydrogens is 393 g/mol. The summed E-state index contributed by atoms with van der Waals surface area (Å²) in [5, 5.41) is 5.04. The molecule has 0 radical (unpaired) electrons. The second kappa shape index (κ2) is 8.26. The van der Waals surface area contributed by atoms with Crippen LogP contribution in [-0.2, 0) is 9.53 Å². The zero-order valence-corrected chi connectivity index (χ0v) is 16.3. The van der Waals surface area contributed by atoms with E-state index in [-0.39, 0.29) is 33.4 Å². The summed E-state index contributed by atoms with van der Waals surface area (Å²) >= 11 is 12.0. The van der Waals surface area contributed by atoms with Crippen molar-refractivity contribution in [2.24, 2.45) is 0 Å². The molecule has 1 fully saturated rings. The van der Waals surface area contributed by atoms with E-state index < -0.39 is 12.0 Å². The van der Waals surface area contributed by atoms with Crippen molar-refractivity contribution in [3.63, 3.8) is 0 Å². The highest BCUT2D eigenvalue weighted by Gasteiger charge is 2.31. The first-order valence-electron chi connectivity index (χ1n) is 8.25. The average molecular weight is 412 g/mol. The molecule has 2 unspecified atom stereocenters. The van der Waals surface area contributed by atoms with Crippen LogP contribution in [-0.4, -0.2) is 46.6 Å². The maximum Gasteiger partial charge on any atom is 0.340 e. The lowest BCUT2D eigenvalue weighted by atomic mass is 10.1. The maximum absolute atomic E-state index is 12.7. The summed E-state index contributed by atoms with van der Waals surface area (Å²) in [6, 6.07) is 2.35. The van der Waals surface area contributed by atoms with Crippen LogP contribution in [0.25, 0.3) is 0 Å². The average Bonchev–Trinajstić information content (AvgIpc) is 3.18. The number of hydrogen-bond donors (Lipinski definition) is 2. The number of benzene rings is 1. The molecule has 0 aliphatic carbocycles. The Bertz CT molecular complexity index is 843. The standard InChI is InChI=1S/C17H19Cl2N5O3/c1-23-15(24-6-5-20-9-24)4-3-13(22-23)16(25)21-14-8-12(19)11(18)7-10(14)17(26)27-2/h5-9,13,15,22H,3-4H2,1-2H3,(H,21,25). The Hall–Kier alpha value is -2.13. The number of hydrogen-bond acceptors (Lipinski definition) is 6. The third-order valence-corrected chi connectivity index (χ3v) is 5.15. The molecule has 3 rings (SSSR count). The van der Waals surface area contributed by atoms with E-state index in [0.29, 0.717) is 6.42 Å². The number of nitrogens with zero attached hydrogens (tertiary/aromatic N) is 3. The normalized spacial score (nSPS) is 20.3. The molecule has 1 aromatic heterocycles. The van der Waals surface area contributed by atoms with Gasteiger partial charge in [-0.2, -0.15) is 0 Å². The molecule has 1 amide bonds. The van der Waals surface area contributed by atoms with Crippen LogP contribution in [0.2, 0.25) is 10.0 Å². The Morgan fingerprint density at radius 2 is 2.04 bits per heavy atom. The molecular formula is C17H19Cl2N5O3. The topological polar surface area (TPSA) is 88.5 Å². The first-order valence-corrected chi connectivity index (χ1v) is 9.01. The van der Waals surface area contributed by atoms with Crippen LogP contribution in [0.1, 0.15) is 29.4 Å². The first-order chi connectivity index (χ1) is 12.9. The van der Waals surface area contributed by atoms with Crippen molar-refractivity contribution < 1.29 is 14.3 Å². The van der Waals surface area contributed by atoms with Crippen LogP contribution in [0.3, 0.4) is 0 Å². The minimum atomic E-state index is -0.613. The third-order valence-electron chi connectivity index (χ3n) is 4.43. The number of hydrazine groups is 1. The molecule has 144 valence electrons. The Kier molecular flexibility index (Phi) is 6.01. The molecule has 2 atom stereocenters. The summed E-state index contributed by atoms with van der Waals surface area (Å²) in [5.74, 6) is -0.896. The number of carbonyl (C=O) groups is 2. The fourth-order valence-electron chi connectivity index (χ4n) is 3.04. The van der Waals surface area contributed by atoms with E-state index >= 15 is 0 Å². The third kappa shape index (κ3) is 4.24. The van der Waals surface area contributed by atoms with Gasteiger partial charge in [0.25, 0.3) is 0 Å². The van der Waals surface area contributed by atoms with Gasteiger partial charge in [0.2, 0.25) is 5.91 Å². The van der Waals surface area contributed by atoms with Gasteiger partial charge in [-0.05, 0) is 25.0 Å². The van der Waals surface area contributed by atoms with Gasteiger partial charge in [-0.25, -0.2) is 20.2 Å². The summed E-state index contributed by atoms with van der Waals surface area (Å²) in [7, 11) is 3.12. The van der Waals surface area contributed by atoms with Crippen molar-refractivity contribution in [1.29, 1.82) is 0 Å². The number of carbonyl (C=O) groups excluding carboxylic acids is 2. The van der Waals surface area contributed by atoms with Crippen LogP contribution >= 0.6 is 23.2 Å². The lowest BCUT2D eigenvalue weighted by molar-refractivity contribution is -0.122. The number of ether oxygens (including phenoxy) is 1. The molecule has 1 aliphatic rings. The summed E-state index contributed by atoms with van der Waals surface area (Å²) in [6.45, 7) is 0. The highest BCUT2D eigenvalue weighted by atomic mass is 35.5. The van der Waals surface area contributed by atoms with Gasteiger partial charge >= 0.3 is 5.97 Å². The molecule has 1 aromatic carbocycles. The summed E-state index contributed by atoms with van der Waals surface area (Å²) in [5.41, 5.74) is 3.55. The van der Waals surface area contributed by atoms with Crippen molar-refractivity contribution in [1.82, 2.24) is 20.0 Å². The van der Waals surface area contributed by atoms with Crippen LogP contribution in [0.4, 0.5) is 5.69 Å². The van der Waals surface area contributed by atoms with E-state index in [2.05, 4.69) is 15.7 Å². The predicted octanol–water partition coefficient (Wildman–Crippen LogP) is 2.71. The Labute approximate surface area is 166 Å². The van der Waals surface area contributed by atoms with E-state index in [1.807, 2.05) is 22.8 Å². The summed E-state index contributed by atoms with van der Waals surface area (Å²) in [4.78, 5) is 28.7. The van der Waals surface area contributed by atoms with Crippen LogP contribution in [0, 0.1) is 0 Å². The molecule has 2 heterocycles. The van der Waals surface area contributed by atoms with Gasteiger partial charge < -0.3 is 14.6 Å². The number of amides is 1. The minimum Gasteiger partial charge on any atom is -0.465 e. The zero-order valence-electron chi connectivity index (χ0n) is 14.8. The Morgan fingerprint density at radius 3 is 2.67 bits per heavy atom. The van der Waals surface area contributed by atoms with Crippen molar-refractivity contribution in [2.45, 2.75) is 25.0 Å². The summed E-state index contributed by atoms with van der Waals surface area (Å²) < 4.78 is 6.71. The number of methoxy groups -OCH3 is 1. The van der Waals surface area contributed by atoms with Crippen molar-refractivity contribution in [2.75, 3.05) is 19.5 Å². The second-order valence-corrected chi connectivity index (χ2v) is 6.97. The van der Waals surface area contributed by atoms with Crippen molar-refractivity contribution >= 4 is 40.8 Å². The van der Waals surface area contributed by atoms with Gasteiger partial charge in [0.05, 0.1) is 40.9 Å². The van der Waals surface area contributed by atoms with Gasteiger partial charge in [-0.15, -0.1) is 0 Å². The number of nitrogens with one attached hydrogen (secondary N) is 2. The number of anilines is 1. The number of imidazole rings is 1. The molecule has 0 spiro atoms. The van der Waals surface area contributed by atoms with Crippen molar-refractivity contribution in [3.05, 3.63) is 46.5 Å². The molecule has 27 heavy (non-hydrogen) atoms. The van der Waals surface area contributed by atoms with Crippen LogP contribution in [0.5, 0.6) is 0 Å². The molecule has 0 bridgehead atoms. The smallest absolute Gasteiger partial charge is 0.340 e. The van der Waals surface area contributed by atoms with Crippen LogP contribution in [0.15, 0.2) is 30.9 Å². The molecule has 2 aromatic rings. The zero-order chi connectivity index (χ0) is 19.6. The van der Waals surface area contributed by atoms with Gasteiger partial charge in [-0.1, -0.05) is 23.2 Å². The van der Waals surface area contributed by atoms with Gasteiger partial charge in [0, 0.05) is 19.4 Å². The van der Waals surface area contributed by atoms with Crippen molar-refractivity contribution in [3.8, 4) is 0 Å². The Balaban J connectivity index is 1.73. The monoisotopic (exact) mass is 411 g/mol. The molecule has 8 nitrogen and oxygen atoms in total. The van der Waals surface area contributed by atoms with Gasteiger partial charge in [-0.3, -0.25) is 4.79 Å². The SMILES string of the molecule is COC(=O)c1cc(Cl)c(Cl)cc1NC(=O)C1CCC(n2ccnc2)N(C)N1. The summed E-state index contributed by atoms with van der Waals surface area (Å²) in [6.07, 6.45) is 6.75.